The molecule has 0 radical (unpaired) electrons. The van der Waals surface area contributed by atoms with E-state index in [-0.39, 0.29) is 0 Å². The van der Waals surface area contributed by atoms with Crippen molar-refractivity contribution in [3.8, 4) is 5.75 Å². The van der Waals surface area contributed by atoms with Gasteiger partial charge in [-0.05, 0) is 36.5 Å². The van der Waals surface area contributed by atoms with Crippen molar-refractivity contribution in [2.24, 2.45) is 0 Å². The van der Waals surface area contributed by atoms with Gasteiger partial charge in [-0.15, -0.1) is 0 Å². The van der Waals surface area contributed by atoms with Crippen molar-refractivity contribution < 1.29 is 5.11 Å². The van der Waals surface area contributed by atoms with Gasteiger partial charge in [0, 0.05) is 0 Å². The number of hydrogen-bond acceptors (Lipinski definition) is 1. The van der Waals surface area contributed by atoms with Gasteiger partial charge in [0.25, 0.3) is 0 Å². The highest BCUT2D eigenvalue weighted by Gasteiger charge is 2.03. The molecule has 0 bridgehead atoms. The van der Waals surface area contributed by atoms with Crippen molar-refractivity contribution in [3.05, 3.63) is 53.6 Å². The SMILES string of the molecule is C/C=C\C=C/Cc1ccc(C(C)C)cc1O. The van der Waals surface area contributed by atoms with Crippen LogP contribution in [0.25, 0.3) is 0 Å². The monoisotopic (exact) mass is 216 g/mol. The molecule has 0 unspecified atom stereocenters. The quantitative estimate of drug-likeness (QED) is 0.748. The van der Waals surface area contributed by atoms with E-state index in [1.807, 2.05) is 43.4 Å². The lowest BCUT2D eigenvalue weighted by molar-refractivity contribution is 0.468. The van der Waals surface area contributed by atoms with E-state index >= 15 is 0 Å². The Morgan fingerprint density at radius 1 is 1.25 bits per heavy atom. The number of hydrogen-bond donors (Lipinski definition) is 1. The maximum Gasteiger partial charge on any atom is 0.119 e. The predicted octanol–water partition coefficient (Wildman–Crippen LogP) is 4.19. The first kappa shape index (κ1) is 12.6. The Morgan fingerprint density at radius 2 is 2.00 bits per heavy atom. The van der Waals surface area contributed by atoms with E-state index < -0.39 is 0 Å². The number of benzene rings is 1. The third-order valence-corrected chi connectivity index (χ3v) is 2.55. The Kier molecular flexibility index (Phi) is 4.84. The minimum absolute atomic E-state index is 0.399. The molecule has 0 spiro atoms. The number of phenols is 1. The topological polar surface area (TPSA) is 20.2 Å². The molecule has 0 heterocycles. The van der Waals surface area contributed by atoms with Crippen LogP contribution in [0.5, 0.6) is 5.75 Å². The first-order valence-corrected chi connectivity index (χ1v) is 5.74. The lowest BCUT2D eigenvalue weighted by atomic mass is 10.00. The summed E-state index contributed by atoms with van der Waals surface area (Å²) in [6, 6.07) is 5.96. The van der Waals surface area contributed by atoms with Crippen molar-refractivity contribution in [2.45, 2.75) is 33.1 Å². The summed E-state index contributed by atoms with van der Waals surface area (Å²) >= 11 is 0. The van der Waals surface area contributed by atoms with Gasteiger partial charge in [0.05, 0.1) is 0 Å². The molecule has 86 valence electrons. The van der Waals surface area contributed by atoms with Crippen molar-refractivity contribution in [1.82, 2.24) is 0 Å². The first-order valence-electron chi connectivity index (χ1n) is 5.74. The Morgan fingerprint density at radius 3 is 2.56 bits per heavy atom. The first-order chi connectivity index (χ1) is 7.65. The normalized spacial score (nSPS) is 12.0. The van der Waals surface area contributed by atoms with E-state index in [2.05, 4.69) is 19.9 Å². The summed E-state index contributed by atoms with van der Waals surface area (Å²) in [6.45, 7) is 6.24. The minimum Gasteiger partial charge on any atom is -0.508 e. The zero-order chi connectivity index (χ0) is 12.0. The van der Waals surface area contributed by atoms with Gasteiger partial charge in [-0.3, -0.25) is 0 Å². The molecule has 0 saturated heterocycles. The van der Waals surface area contributed by atoms with Crippen molar-refractivity contribution >= 4 is 0 Å². The fourth-order valence-corrected chi connectivity index (χ4v) is 1.50. The number of aromatic hydroxyl groups is 1. The van der Waals surface area contributed by atoms with Crippen LogP contribution in [0.4, 0.5) is 0 Å². The zero-order valence-electron chi connectivity index (χ0n) is 10.3. The van der Waals surface area contributed by atoms with E-state index in [1.54, 1.807) is 0 Å². The second-order valence-corrected chi connectivity index (χ2v) is 4.20. The van der Waals surface area contributed by atoms with Crippen LogP contribution < -0.4 is 0 Å². The Bertz CT molecular complexity index is 386. The molecule has 0 aromatic heterocycles. The van der Waals surface area contributed by atoms with Crippen LogP contribution in [0, 0.1) is 0 Å². The maximum absolute atomic E-state index is 9.84. The molecule has 0 fully saturated rings. The van der Waals surface area contributed by atoms with Crippen LogP contribution in [0.2, 0.25) is 0 Å². The molecule has 0 aliphatic carbocycles. The van der Waals surface area contributed by atoms with Crippen LogP contribution in [0.15, 0.2) is 42.5 Å². The molecule has 0 aliphatic rings. The summed E-state index contributed by atoms with van der Waals surface area (Å²) in [5, 5.41) is 9.84. The average molecular weight is 216 g/mol. The summed E-state index contributed by atoms with van der Waals surface area (Å²) in [7, 11) is 0. The fraction of sp³-hybridized carbons (Fsp3) is 0.333. The zero-order valence-corrected chi connectivity index (χ0v) is 10.3. The molecule has 0 atom stereocenters. The maximum atomic E-state index is 9.84. The van der Waals surface area contributed by atoms with Crippen molar-refractivity contribution in [2.75, 3.05) is 0 Å². The molecular weight excluding hydrogens is 196 g/mol. The van der Waals surface area contributed by atoms with Crippen molar-refractivity contribution in [3.63, 3.8) is 0 Å². The summed E-state index contributed by atoms with van der Waals surface area (Å²) < 4.78 is 0. The third-order valence-electron chi connectivity index (χ3n) is 2.55. The van der Waals surface area contributed by atoms with Crippen LogP contribution in [0.1, 0.15) is 37.8 Å². The van der Waals surface area contributed by atoms with Gasteiger partial charge < -0.3 is 5.11 Å². The largest absolute Gasteiger partial charge is 0.508 e. The van der Waals surface area contributed by atoms with E-state index in [4.69, 9.17) is 0 Å². The van der Waals surface area contributed by atoms with E-state index in [9.17, 15) is 5.11 Å². The predicted molar refractivity (Wildman–Crippen MR) is 69.9 cm³/mol. The number of rotatable bonds is 4. The van der Waals surface area contributed by atoms with Gasteiger partial charge in [0.2, 0.25) is 0 Å². The number of allylic oxidation sites excluding steroid dienone is 4. The fourth-order valence-electron chi connectivity index (χ4n) is 1.50. The van der Waals surface area contributed by atoms with Crippen LogP contribution in [-0.4, -0.2) is 5.11 Å². The second kappa shape index (κ2) is 6.16. The van der Waals surface area contributed by atoms with Gasteiger partial charge in [-0.25, -0.2) is 0 Å². The molecular formula is C15H20O. The highest BCUT2D eigenvalue weighted by molar-refractivity contribution is 5.38. The molecule has 16 heavy (non-hydrogen) atoms. The molecule has 1 aromatic rings. The Hall–Kier alpha value is -1.50. The lowest BCUT2D eigenvalue weighted by Crippen LogP contribution is -1.89. The molecule has 0 saturated carbocycles. The van der Waals surface area contributed by atoms with Gasteiger partial charge in [-0.1, -0.05) is 50.3 Å². The van der Waals surface area contributed by atoms with Gasteiger partial charge >= 0.3 is 0 Å². The van der Waals surface area contributed by atoms with Gasteiger partial charge in [0.1, 0.15) is 5.75 Å². The molecule has 1 N–H and O–H groups in total. The smallest absolute Gasteiger partial charge is 0.119 e. The van der Waals surface area contributed by atoms with Crippen LogP contribution in [-0.2, 0) is 6.42 Å². The van der Waals surface area contributed by atoms with Crippen LogP contribution in [0.3, 0.4) is 0 Å². The minimum atomic E-state index is 0.399. The van der Waals surface area contributed by atoms with Gasteiger partial charge in [-0.2, -0.15) is 0 Å². The third kappa shape index (κ3) is 3.58. The standard InChI is InChI=1S/C15H20O/c1-4-5-6-7-8-13-9-10-14(12(2)3)11-15(13)16/h4-7,9-12,16H,8H2,1-3H3/b5-4-,7-6-. The summed E-state index contributed by atoms with van der Waals surface area (Å²) in [5.41, 5.74) is 2.16. The van der Waals surface area contributed by atoms with Crippen LogP contribution >= 0.6 is 0 Å². The summed E-state index contributed by atoms with van der Waals surface area (Å²) in [5.74, 6) is 0.856. The summed E-state index contributed by atoms with van der Waals surface area (Å²) in [6.07, 6.45) is 8.78. The molecule has 0 aliphatic heterocycles. The highest BCUT2D eigenvalue weighted by atomic mass is 16.3. The lowest BCUT2D eigenvalue weighted by Gasteiger charge is -2.08. The molecule has 1 rings (SSSR count). The number of phenolic OH excluding ortho intramolecular Hbond substituents is 1. The Labute approximate surface area is 98.1 Å². The Balaban J connectivity index is 2.75. The van der Waals surface area contributed by atoms with E-state index in [0.717, 1.165) is 12.0 Å². The van der Waals surface area contributed by atoms with E-state index in [0.29, 0.717) is 11.7 Å². The van der Waals surface area contributed by atoms with E-state index in [1.165, 1.54) is 5.56 Å². The molecule has 1 heteroatoms. The van der Waals surface area contributed by atoms with Crippen molar-refractivity contribution in [1.29, 1.82) is 0 Å². The average Bonchev–Trinajstić information content (AvgIpc) is 2.26. The van der Waals surface area contributed by atoms with Gasteiger partial charge in [0.15, 0.2) is 0 Å². The highest BCUT2D eigenvalue weighted by Crippen LogP contribution is 2.24. The second-order valence-electron chi connectivity index (χ2n) is 4.20. The molecule has 1 nitrogen and oxygen atoms in total. The summed E-state index contributed by atoms with van der Waals surface area (Å²) in [4.78, 5) is 0. The molecule has 1 aromatic carbocycles. The molecule has 0 amide bonds.